The largest absolute Gasteiger partial charge is 0.462 e. The number of aryl methyl sites for hydroxylation is 1. The van der Waals surface area contributed by atoms with Gasteiger partial charge >= 0.3 is 5.97 Å². The Morgan fingerprint density at radius 3 is 2.50 bits per heavy atom. The quantitative estimate of drug-likeness (QED) is 0.689. The zero-order valence-corrected chi connectivity index (χ0v) is 17.3. The van der Waals surface area contributed by atoms with Gasteiger partial charge in [-0.15, -0.1) is 0 Å². The zero-order valence-electron chi connectivity index (χ0n) is 15.7. The molecule has 0 spiro atoms. The molecule has 2 aromatic carbocycles. The van der Waals surface area contributed by atoms with E-state index in [1.807, 2.05) is 0 Å². The van der Waals surface area contributed by atoms with E-state index in [4.69, 9.17) is 16.3 Å². The molecule has 0 bridgehead atoms. The smallest absolute Gasteiger partial charge is 0.338 e. The van der Waals surface area contributed by atoms with Crippen LogP contribution in [0.2, 0.25) is 5.02 Å². The highest BCUT2D eigenvalue weighted by molar-refractivity contribution is 7.92. The molecule has 2 aromatic rings. The Balaban J connectivity index is 2.21. The predicted molar refractivity (Wildman–Crippen MR) is 109 cm³/mol. The van der Waals surface area contributed by atoms with Crippen molar-refractivity contribution in [2.75, 3.05) is 29.0 Å². The lowest BCUT2D eigenvalue weighted by molar-refractivity contribution is -0.114. The minimum absolute atomic E-state index is 0.235. The van der Waals surface area contributed by atoms with Crippen molar-refractivity contribution in [1.82, 2.24) is 0 Å². The van der Waals surface area contributed by atoms with Crippen LogP contribution in [0.15, 0.2) is 42.5 Å². The van der Waals surface area contributed by atoms with Crippen LogP contribution in [0.5, 0.6) is 0 Å². The summed E-state index contributed by atoms with van der Waals surface area (Å²) in [6, 6.07) is 11.0. The highest BCUT2D eigenvalue weighted by Crippen LogP contribution is 2.25. The first-order valence-corrected chi connectivity index (χ1v) is 10.7. The molecule has 1 N–H and O–H groups in total. The molecule has 28 heavy (non-hydrogen) atoms. The molecule has 150 valence electrons. The number of ether oxygens (including phenoxy) is 1. The Morgan fingerprint density at radius 1 is 1.18 bits per heavy atom. The van der Waals surface area contributed by atoms with Crippen molar-refractivity contribution >= 4 is 44.9 Å². The molecule has 0 aromatic heterocycles. The number of nitrogens with zero attached hydrogens (tertiary/aromatic N) is 1. The molecule has 0 unspecified atom stereocenters. The van der Waals surface area contributed by atoms with E-state index in [0.717, 1.165) is 10.6 Å². The second-order valence-corrected chi connectivity index (χ2v) is 8.39. The van der Waals surface area contributed by atoms with Gasteiger partial charge in [-0.2, -0.15) is 0 Å². The third-order valence-corrected chi connectivity index (χ3v) is 5.13. The first kappa shape index (κ1) is 21.7. The first-order chi connectivity index (χ1) is 13.1. The van der Waals surface area contributed by atoms with E-state index in [1.54, 1.807) is 50.2 Å². The summed E-state index contributed by atoms with van der Waals surface area (Å²) >= 11 is 5.93. The van der Waals surface area contributed by atoms with E-state index >= 15 is 0 Å². The number of anilines is 2. The van der Waals surface area contributed by atoms with Gasteiger partial charge in [0.1, 0.15) is 6.54 Å². The molecular formula is C19H21ClN2O5S. The molecule has 0 saturated heterocycles. The number of esters is 1. The maximum atomic E-state index is 12.5. The summed E-state index contributed by atoms with van der Waals surface area (Å²) in [6.45, 7) is 3.21. The van der Waals surface area contributed by atoms with Gasteiger partial charge in [0, 0.05) is 10.7 Å². The molecule has 0 aliphatic carbocycles. The lowest BCUT2D eigenvalue weighted by Crippen LogP contribution is -2.37. The highest BCUT2D eigenvalue weighted by Gasteiger charge is 2.22. The van der Waals surface area contributed by atoms with Gasteiger partial charge in [0.2, 0.25) is 15.9 Å². The lowest BCUT2D eigenvalue weighted by Gasteiger charge is -2.23. The van der Waals surface area contributed by atoms with Gasteiger partial charge < -0.3 is 10.1 Å². The third kappa shape index (κ3) is 5.71. The number of benzene rings is 2. The standard InChI is InChI=1S/C19H21ClN2O5S/c1-4-27-19(24)14-6-5-7-16(11-14)21-18(23)12-22(28(3,25)26)17-9-8-15(20)10-13(17)2/h5-11H,4,12H2,1-3H3,(H,21,23). The van der Waals surface area contributed by atoms with Crippen molar-refractivity contribution in [3.8, 4) is 0 Å². The van der Waals surface area contributed by atoms with Gasteiger partial charge in [0.25, 0.3) is 0 Å². The Morgan fingerprint density at radius 2 is 1.89 bits per heavy atom. The topological polar surface area (TPSA) is 92.8 Å². The number of halogens is 1. The maximum Gasteiger partial charge on any atom is 0.338 e. The highest BCUT2D eigenvalue weighted by atomic mass is 35.5. The molecular weight excluding hydrogens is 404 g/mol. The molecule has 7 nitrogen and oxygen atoms in total. The molecule has 0 atom stereocenters. The van der Waals surface area contributed by atoms with Crippen LogP contribution >= 0.6 is 11.6 Å². The van der Waals surface area contributed by atoms with Crippen molar-refractivity contribution in [3.05, 3.63) is 58.6 Å². The summed E-state index contributed by atoms with van der Waals surface area (Å²) in [5, 5.41) is 3.07. The van der Waals surface area contributed by atoms with Gasteiger partial charge in [-0.25, -0.2) is 13.2 Å². The van der Waals surface area contributed by atoms with Crippen LogP contribution in [0.1, 0.15) is 22.8 Å². The number of sulfonamides is 1. The molecule has 9 heteroatoms. The number of amides is 1. The number of carbonyl (C=O) groups excluding carboxylic acids is 2. The second-order valence-electron chi connectivity index (χ2n) is 6.05. The van der Waals surface area contributed by atoms with Crippen LogP contribution in [0.25, 0.3) is 0 Å². The molecule has 0 fully saturated rings. The third-order valence-electron chi connectivity index (χ3n) is 3.77. The summed E-state index contributed by atoms with van der Waals surface area (Å²) in [4.78, 5) is 24.3. The van der Waals surface area contributed by atoms with E-state index in [1.165, 1.54) is 6.07 Å². The SMILES string of the molecule is CCOC(=O)c1cccc(NC(=O)CN(c2ccc(Cl)cc2C)S(C)(=O)=O)c1. The van der Waals surface area contributed by atoms with E-state index in [0.29, 0.717) is 22.0 Å². The van der Waals surface area contributed by atoms with Crippen LogP contribution in [0.3, 0.4) is 0 Å². The van der Waals surface area contributed by atoms with Crippen LogP contribution in [-0.2, 0) is 19.6 Å². The molecule has 0 aliphatic heterocycles. The Labute approximate surface area is 169 Å². The second kappa shape index (κ2) is 9.07. The minimum atomic E-state index is -3.71. The first-order valence-electron chi connectivity index (χ1n) is 8.42. The Bertz CT molecular complexity index is 992. The van der Waals surface area contributed by atoms with Crippen LogP contribution in [-0.4, -0.2) is 39.7 Å². The predicted octanol–water partition coefficient (Wildman–Crippen LogP) is 3.23. The number of hydrogen-bond donors (Lipinski definition) is 1. The van der Waals surface area contributed by atoms with Crippen molar-refractivity contribution < 1.29 is 22.7 Å². The monoisotopic (exact) mass is 424 g/mol. The van der Waals surface area contributed by atoms with Gasteiger partial charge in [-0.3, -0.25) is 9.10 Å². The van der Waals surface area contributed by atoms with Crippen molar-refractivity contribution in [1.29, 1.82) is 0 Å². The molecule has 0 radical (unpaired) electrons. The number of nitrogens with one attached hydrogen (secondary N) is 1. The van der Waals surface area contributed by atoms with Gasteiger partial charge in [0.05, 0.1) is 24.1 Å². The van der Waals surface area contributed by atoms with Crippen molar-refractivity contribution in [2.45, 2.75) is 13.8 Å². The van der Waals surface area contributed by atoms with Gasteiger partial charge in [-0.1, -0.05) is 17.7 Å². The average Bonchev–Trinajstić information content (AvgIpc) is 2.60. The molecule has 2 rings (SSSR count). The summed E-state index contributed by atoms with van der Waals surface area (Å²) < 4.78 is 30.4. The number of carbonyl (C=O) groups is 2. The van der Waals surface area contributed by atoms with E-state index in [-0.39, 0.29) is 12.2 Å². The number of hydrogen-bond acceptors (Lipinski definition) is 5. The normalized spacial score (nSPS) is 11.0. The fourth-order valence-electron chi connectivity index (χ4n) is 2.55. The van der Waals surface area contributed by atoms with Crippen LogP contribution in [0, 0.1) is 6.92 Å². The fraction of sp³-hybridized carbons (Fsp3) is 0.263. The van der Waals surface area contributed by atoms with Crippen molar-refractivity contribution in [2.24, 2.45) is 0 Å². The summed E-state index contributed by atoms with van der Waals surface area (Å²) in [5.41, 5.74) is 1.63. The Hall–Kier alpha value is -2.58. The van der Waals surface area contributed by atoms with Crippen molar-refractivity contribution in [3.63, 3.8) is 0 Å². The summed E-state index contributed by atoms with van der Waals surface area (Å²) in [5.74, 6) is -1.06. The maximum absolute atomic E-state index is 12.5. The average molecular weight is 425 g/mol. The van der Waals surface area contributed by atoms with Gasteiger partial charge in [-0.05, 0) is 55.8 Å². The minimum Gasteiger partial charge on any atom is -0.462 e. The zero-order chi connectivity index (χ0) is 20.9. The van der Waals surface area contributed by atoms with Gasteiger partial charge in [0.15, 0.2) is 0 Å². The summed E-state index contributed by atoms with van der Waals surface area (Å²) in [7, 11) is -3.71. The Kier molecular flexibility index (Phi) is 7.04. The molecule has 0 saturated carbocycles. The fourth-order valence-corrected chi connectivity index (χ4v) is 3.69. The van der Waals surface area contributed by atoms with Crippen LogP contribution in [0.4, 0.5) is 11.4 Å². The molecule has 0 aliphatic rings. The number of rotatable bonds is 7. The van der Waals surface area contributed by atoms with E-state index in [9.17, 15) is 18.0 Å². The molecule has 1 amide bonds. The van der Waals surface area contributed by atoms with E-state index < -0.39 is 28.4 Å². The molecule has 0 heterocycles. The summed E-state index contributed by atoms with van der Waals surface area (Å²) in [6.07, 6.45) is 1.02. The van der Waals surface area contributed by atoms with E-state index in [2.05, 4.69) is 5.32 Å². The van der Waals surface area contributed by atoms with Crippen LogP contribution < -0.4 is 9.62 Å². The lowest BCUT2D eigenvalue weighted by atomic mass is 10.2.